The highest BCUT2D eigenvalue weighted by Gasteiger charge is 2.42. The molecule has 1 aliphatic carbocycles. The third-order valence-electron chi connectivity index (χ3n) is 4.51. The monoisotopic (exact) mass is 323 g/mol. The Morgan fingerprint density at radius 3 is 2.74 bits per heavy atom. The number of aromatic nitrogens is 2. The molecule has 2 atom stereocenters. The molecule has 2 rings (SSSR count). The van der Waals surface area contributed by atoms with E-state index in [1.807, 2.05) is 0 Å². The molecule has 2 unspecified atom stereocenters. The molecular formula is C15H21N3O5. The van der Waals surface area contributed by atoms with E-state index in [-0.39, 0.29) is 6.54 Å². The van der Waals surface area contributed by atoms with Crippen molar-refractivity contribution in [2.24, 2.45) is 13.0 Å². The van der Waals surface area contributed by atoms with Crippen LogP contribution in [0.25, 0.3) is 0 Å². The maximum Gasteiger partial charge on any atom is 0.331 e. The second kappa shape index (κ2) is 6.39. The van der Waals surface area contributed by atoms with Crippen LogP contribution in [0.3, 0.4) is 0 Å². The molecule has 2 N–H and O–H groups in total. The number of carboxylic acid groups (broad SMARTS) is 1. The highest BCUT2D eigenvalue weighted by molar-refractivity contribution is 5.79. The number of carbonyl (C=O) groups is 2. The molecule has 1 aromatic rings. The number of rotatable bonds is 4. The lowest BCUT2D eigenvalue weighted by Crippen LogP contribution is -2.56. The Bertz CT molecular complexity index is 735. The first-order valence-corrected chi connectivity index (χ1v) is 7.55. The van der Waals surface area contributed by atoms with Gasteiger partial charge in [0, 0.05) is 19.3 Å². The summed E-state index contributed by atoms with van der Waals surface area (Å²) in [4.78, 5) is 46.9. The number of carboxylic acids is 1. The van der Waals surface area contributed by atoms with Crippen LogP contribution in [0.4, 0.5) is 0 Å². The number of carbonyl (C=O) groups excluding carboxylic acids is 1. The molecule has 8 nitrogen and oxygen atoms in total. The zero-order valence-corrected chi connectivity index (χ0v) is 13.2. The minimum absolute atomic E-state index is 0.255. The third-order valence-corrected chi connectivity index (χ3v) is 4.51. The van der Waals surface area contributed by atoms with Crippen molar-refractivity contribution >= 4 is 11.9 Å². The lowest BCUT2D eigenvalue weighted by molar-refractivity contribution is -0.146. The van der Waals surface area contributed by atoms with E-state index >= 15 is 0 Å². The van der Waals surface area contributed by atoms with Crippen molar-refractivity contribution in [1.29, 1.82) is 0 Å². The SMILES string of the molecule is Cn1c(=O)ccn(CC(=O)NC2(C)CCCCC2C(=O)O)c1=O. The number of amides is 1. The molecule has 1 aliphatic rings. The Labute approximate surface area is 132 Å². The third kappa shape index (κ3) is 3.52. The van der Waals surface area contributed by atoms with Crippen LogP contribution in [0.5, 0.6) is 0 Å². The molecule has 0 spiro atoms. The minimum atomic E-state index is -0.924. The van der Waals surface area contributed by atoms with E-state index in [9.17, 15) is 24.3 Å². The molecule has 1 aromatic heterocycles. The Hall–Kier alpha value is -2.38. The summed E-state index contributed by atoms with van der Waals surface area (Å²) < 4.78 is 2.04. The summed E-state index contributed by atoms with van der Waals surface area (Å²) in [6.45, 7) is 1.47. The van der Waals surface area contributed by atoms with Crippen LogP contribution in [-0.4, -0.2) is 31.7 Å². The van der Waals surface area contributed by atoms with Crippen molar-refractivity contribution in [3.63, 3.8) is 0 Å². The van der Waals surface area contributed by atoms with E-state index in [4.69, 9.17) is 0 Å². The molecule has 1 amide bonds. The van der Waals surface area contributed by atoms with Crippen molar-refractivity contribution < 1.29 is 14.7 Å². The van der Waals surface area contributed by atoms with Gasteiger partial charge < -0.3 is 10.4 Å². The first kappa shape index (κ1) is 17.0. The van der Waals surface area contributed by atoms with Crippen LogP contribution >= 0.6 is 0 Å². The topological polar surface area (TPSA) is 110 Å². The Morgan fingerprint density at radius 2 is 2.09 bits per heavy atom. The van der Waals surface area contributed by atoms with Crippen LogP contribution in [0.1, 0.15) is 32.6 Å². The van der Waals surface area contributed by atoms with Gasteiger partial charge in [0.15, 0.2) is 0 Å². The fraction of sp³-hybridized carbons (Fsp3) is 0.600. The van der Waals surface area contributed by atoms with Crippen LogP contribution in [0, 0.1) is 5.92 Å². The predicted octanol–water partition coefficient (Wildman–Crippen LogP) is -0.303. The molecule has 1 heterocycles. The number of hydrogen-bond donors (Lipinski definition) is 2. The van der Waals surface area contributed by atoms with Crippen molar-refractivity contribution in [3.8, 4) is 0 Å². The first-order chi connectivity index (χ1) is 10.7. The van der Waals surface area contributed by atoms with Crippen molar-refractivity contribution in [1.82, 2.24) is 14.5 Å². The van der Waals surface area contributed by atoms with Crippen LogP contribution in [-0.2, 0) is 23.2 Å². The molecule has 126 valence electrons. The second-order valence-electron chi connectivity index (χ2n) is 6.23. The summed E-state index contributed by atoms with van der Waals surface area (Å²) in [5.74, 6) is -2.01. The fourth-order valence-corrected chi connectivity index (χ4v) is 3.13. The van der Waals surface area contributed by atoms with Gasteiger partial charge in [-0.05, 0) is 19.8 Å². The van der Waals surface area contributed by atoms with Gasteiger partial charge in [-0.15, -0.1) is 0 Å². The molecule has 0 bridgehead atoms. The normalized spacial score (nSPS) is 24.2. The van der Waals surface area contributed by atoms with E-state index in [1.165, 1.54) is 19.3 Å². The second-order valence-corrected chi connectivity index (χ2v) is 6.23. The van der Waals surface area contributed by atoms with Gasteiger partial charge in [0.2, 0.25) is 5.91 Å². The van der Waals surface area contributed by atoms with E-state index in [0.29, 0.717) is 12.8 Å². The number of hydrogen-bond acceptors (Lipinski definition) is 4. The van der Waals surface area contributed by atoms with Crippen LogP contribution in [0.15, 0.2) is 21.9 Å². The zero-order valence-electron chi connectivity index (χ0n) is 13.2. The van der Waals surface area contributed by atoms with Gasteiger partial charge in [-0.2, -0.15) is 0 Å². The lowest BCUT2D eigenvalue weighted by Gasteiger charge is -2.39. The molecule has 23 heavy (non-hydrogen) atoms. The van der Waals surface area contributed by atoms with Gasteiger partial charge in [0.1, 0.15) is 6.54 Å². The average molecular weight is 323 g/mol. The largest absolute Gasteiger partial charge is 0.481 e. The Kier molecular flexibility index (Phi) is 4.72. The summed E-state index contributed by atoms with van der Waals surface area (Å²) in [5.41, 5.74) is -1.86. The highest BCUT2D eigenvalue weighted by atomic mass is 16.4. The summed E-state index contributed by atoms with van der Waals surface area (Å²) in [5, 5.41) is 12.1. The van der Waals surface area contributed by atoms with E-state index in [2.05, 4.69) is 5.32 Å². The standard InChI is InChI=1S/C15H21N3O5/c1-15(7-4-3-5-10(15)13(21)22)16-11(19)9-18-8-6-12(20)17(2)14(18)23/h6,8,10H,3-5,7,9H2,1-2H3,(H,16,19)(H,21,22). The smallest absolute Gasteiger partial charge is 0.331 e. The predicted molar refractivity (Wildman–Crippen MR) is 82.1 cm³/mol. The van der Waals surface area contributed by atoms with Crippen molar-refractivity contribution in [3.05, 3.63) is 33.1 Å². The van der Waals surface area contributed by atoms with Gasteiger partial charge in [0.25, 0.3) is 5.56 Å². The van der Waals surface area contributed by atoms with Gasteiger partial charge in [0.05, 0.1) is 11.5 Å². The Morgan fingerprint density at radius 1 is 1.39 bits per heavy atom. The summed E-state index contributed by atoms with van der Waals surface area (Å²) in [7, 11) is 1.34. The quantitative estimate of drug-likeness (QED) is 0.790. The molecule has 0 aromatic carbocycles. The minimum Gasteiger partial charge on any atom is -0.481 e. The van der Waals surface area contributed by atoms with E-state index in [0.717, 1.165) is 22.0 Å². The zero-order chi connectivity index (χ0) is 17.2. The highest BCUT2D eigenvalue weighted by Crippen LogP contribution is 2.33. The molecule has 0 radical (unpaired) electrons. The van der Waals surface area contributed by atoms with E-state index in [1.54, 1.807) is 6.92 Å². The molecular weight excluding hydrogens is 302 g/mol. The summed E-state index contributed by atoms with van der Waals surface area (Å²) in [6, 6.07) is 1.21. The Balaban J connectivity index is 2.15. The number of nitrogens with zero attached hydrogens (tertiary/aromatic N) is 2. The van der Waals surface area contributed by atoms with Crippen molar-refractivity contribution in [2.45, 2.75) is 44.7 Å². The van der Waals surface area contributed by atoms with Gasteiger partial charge in [-0.3, -0.25) is 23.5 Å². The molecule has 0 aliphatic heterocycles. The summed E-state index contributed by atoms with van der Waals surface area (Å²) >= 11 is 0. The molecule has 1 saturated carbocycles. The fourth-order valence-electron chi connectivity index (χ4n) is 3.13. The van der Waals surface area contributed by atoms with Crippen molar-refractivity contribution in [2.75, 3.05) is 0 Å². The van der Waals surface area contributed by atoms with Crippen LogP contribution in [0.2, 0.25) is 0 Å². The number of aliphatic carboxylic acids is 1. The van der Waals surface area contributed by atoms with Crippen LogP contribution < -0.4 is 16.6 Å². The van der Waals surface area contributed by atoms with Gasteiger partial charge in [-0.25, -0.2) is 4.79 Å². The molecule has 0 saturated heterocycles. The first-order valence-electron chi connectivity index (χ1n) is 7.55. The average Bonchev–Trinajstić information content (AvgIpc) is 2.47. The van der Waals surface area contributed by atoms with Gasteiger partial charge in [-0.1, -0.05) is 12.8 Å². The molecule has 8 heteroatoms. The lowest BCUT2D eigenvalue weighted by atomic mass is 9.74. The molecule has 1 fully saturated rings. The maximum absolute atomic E-state index is 12.3. The van der Waals surface area contributed by atoms with E-state index < -0.39 is 34.6 Å². The summed E-state index contributed by atoms with van der Waals surface area (Å²) in [6.07, 6.45) is 4.04. The van der Waals surface area contributed by atoms with Gasteiger partial charge >= 0.3 is 11.7 Å². The number of nitrogens with one attached hydrogen (secondary N) is 1. The maximum atomic E-state index is 12.3.